The maximum Gasteiger partial charge on any atom is 0.319 e. The van der Waals surface area contributed by atoms with Crippen LogP contribution in [-0.4, -0.2) is 89.6 Å². The zero-order valence-corrected chi connectivity index (χ0v) is 25.4. The molecule has 2 saturated heterocycles. The number of hydrogen-bond acceptors (Lipinski definition) is 11. The average molecular weight is 635 g/mol. The van der Waals surface area contributed by atoms with Crippen LogP contribution in [0.15, 0.2) is 41.2 Å². The van der Waals surface area contributed by atoms with Gasteiger partial charge in [0.25, 0.3) is 0 Å². The standard InChI is InChI=1S/C31H32F2N8O3S/c1-39-7-2-3-18(39)16-44-31-37-26-21(29(38-31)41-10-8-40(9-11-41)23(42)14-34)13-20(17-6-12-43-15-17)24(25(26)33)19-4-5-22(32)28-27(19)36-30(35)45-28/h4-6,12-13,15,18H,2-3,7-11,14,16,34H2,1H3,(H2,35,36)/t18-/m0/s1. The van der Waals surface area contributed by atoms with E-state index in [1.165, 1.54) is 24.7 Å². The van der Waals surface area contributed by atoms with Crippen molar-refractivity contribution >= 4 is 49.3 Å². The molecule has 4 N–H and O–H groups in total. The van der Waals surface area contributed by atoms with Crippen LogP contribution >= 0.6 is 11.3 Å². The van der Waals surface area contributed by atoms with E-state index < -0.39 is 11.6 Å². The third kappa shape index (κ3) is 5.32. The van der Waals surface area contributed by atoms with Gasteiger partial charge in [0.1, 0.15) is 23.8 Å². The van der Waals surface area contributed by atoms with Gasteiger partial charge in [-0.1, -0.05) is 11.3 Å². The summed E-state index contributed by atoms with van der Waals surface area (Å²) in [7, 11) is 2.05. The number of piperazine rings is 1. The SMILES string of the molecule is CN1CCC[C@H]1COc1nc(N2CCN(C(=O)CN)CC2)c2cc(-c3ccoc3)c(-c3ccc(F)c4sc(N)nc34)c(F)c2n1. The van der Waals surface area contributed by atoms with Crippen LogP contribution in [0.3, 0.4) is 0 Å². The van der Waals surface area contributed by atoms with Crippen LogP contribution in [0.5, 0.6) is 6.01 Å². The highest BCUT2D eigenvalue weighted by Crippen LogP contribution is 2.44. The van der Waals surface area contributed by atoms with Crippen LogP contribution < -0.4 is 21.1 Å². The molecule has 5 heterocycles. The number of furan rings is 1. The van der Waals surface area contributed by atoms with Gasteiger partial charge in [0.15, 0.2) is 10.9 Å². The van der Waals surface area contributed by atoms with E-state index in [-0.39, 0.29) is 50.9 Å². The highest BCUT2D eigenvalue weighted by molar-refractivity contribution is 7.22. The molecule has 2 fully saturated rings. The summed E-state index contributed by atoms with van der Waals surface area (Å²) in [6.07, 6.45) is 5.08. The lowest BCUT2D eigenvalue weighted by molar-refractivity contribution is -0.129. The second kappa shape index (κ2) is 11.8. The summed E-state index contributed by atoms with van der Waals surface area (Å²) in [5.41, 5.74) is 13.6. The minimum atomic E-state index is -0.633. The highest BCUT2D eigenvalue weighted by Gasteiger charge is 2.29. The zero-order valence-electron chi connectivity index (χ0n) is 24.6. The second-order valence-corrected chi connectivity index (χ2v) is 12.4. The summed E-state index contributed by atoms with van der Waals surface area (Å²) < 4.78 is 43.7. The Morgan fingerprint density at radius 2 is 1.91 bits per heavy atom. The van der Waals surface area contributed by atoms with Crippen molar-refractivity contribution in [3.05, 3.63) is 48.4 Å². The van der Waals surface area contributed by atoms with Gasteiger partial charge in [0, 0.05) is 54.3 Å². The fraction of sp³-hybridized carbons (Fsp3) is 0.355. The molecule has 7 rings (SSSR count). The van der Waals surface area contributed by atoms with Gasteiger partial charge >= 0.3 is 6.01 Å². The van der Waals surface area contributed by atoms with Crippen molar-refractivity contribution in [2.45, 2.75) is 18.9 Å². The summed E-state index contributed by atoms with van der Waals surface area (Å²) in [5, 5.41) is 0.638. The van der Waals surface area contributed by atoms with Crippen LogP contribution in [0.2, 0.25) is 0 Å². The number of ether oxygens (including phenoxy) is 1. The van der Waals surface area contributed by atoms with Crippen molar-refractivity contribution in [1.29, 1.82) is 0 Å². The molecular weight excluding hydrogens is 602 g/mol. The van der Waals surface area contributed by atoms with E-state index in [9.17, 15) is 9.18 Å². The van der Waals surface area contributed by atoms with Crippen LogP contribution in [0.25, 0.3) is 43.4 Å². The van der Waals surface area contributed by atoms with Gasteiger partial charge in [-0.25, -0.2) is 13.8 Å². The molecule has 2 aliphatic rings. The summed E-state index contributed by atoms with van der Waals surface area (Å²) >= 11 is 1.01. The van der Waals surface area contributed by atoms with E-state index in [0.717, 1.165) is 30.7 Å². The third-order valence-electron chi connectivity index (χ3n) is 8.69. The molecule has 1 amide bonds. The van der Waals surface area contributed by atoms with E-state index in [1.54, 1.807) is 11.0 Å². The Morgan fingerprint density at radius 1 is 1.09 bits per heavy atom. The lowest BCUT2D eigenvalue weighted by atomic mass is 9.92. The molecule has 3 aromatic heterocycles. The first-order valence-corrected chi connectivity index (χ1v) is 15.6. The van der Waals surface area contributed by atoms with Crippen molar-refractivity contribution in [2.75, 3.05) is 63.6 Å². The molecule has 45 heavy (non-hydrogen) atoms. The largest absolute Gasteiger partial charge is 0.472 e. The molecule has 0 bridgehead atoms. The topological polar surface area (TPSA) is 140 Å². The maximum absolute atomic E-state index is 17.2. The number of anilines is 2. The molecule has 0 aliphatic carbocycles. The van der Waals surface area contributed by atoms with E-state index >= 15 is 4.39 Å². The van der Waals surface area contributed by atoms with Gasteiger partial charge in [-0.05, 0) is 56.3 Å². The number of aromatic nitrogens is 3. The normalized spacial score (nSPS) is 17.6. The number of likely N-dealkylation sites (tertiary alicyclic amines) is 1. The van der Waals surface area contributed by atoms with Crippen LogP contribution in [-0.2, 0) is 4.79 Å². The highest BCUT2D eigenvalue weighted by atomic mass is 32.1. The smallest absolute Gasteiger partial charge is 0.319 e. The van der Waals surface area contributed by atoms with Gasteiger partial charge in [-0.2, -0.15) is 9.97 Å². The first kappa shape index (κ1) is 29.3. The number of fused-ring (bicyclic) bond motifs is 2. The average Bonchev–Trinajstić information content (AvgIpc) is 3.82. The number of carbonyl (C=O) groups is 1. The molecule has 2 aromatic carbocycles. The summed E-state index contributed by atoms with van der Waals surface area (Å²) in [6.45, 7) is 3.09. The van der Waals surface area contributed by atoms with Crippen molar-refractivity contribution < 1.29 is 22.7 Å². The number of rotatable bonds is 7. The van der Waals surface area contributed by atoms with Crippen LogP contribution in [0, 0.1) is 11.6 Å². The van der Waals surface area contributed by atoms with Crippen LogP contribution in [0.4, 0.5) is 19.7 Å². The first-order chi connectivity index (χ1) is 21.8. The molecule has 0 radical (unpaired) electrons. The fourth-order valence-corrected chi connectivity index (χ4v) is 7.02. The van der Waals surface area contributed by atoms with Gasteiger partial charge < -0.3 is 35.3 Å². The quantitative estimate of drug-likeness (QED) is 0.269. The fourth-order valence-electron chi connectivity index (χ4n) is 6.26. The van der Waals surface area contributed by atoms with Crippen molar-refractivity contribution in [3.63, 3.8) is 0 Å². The molecule has 5 aromatic rings. The number of carbonyl (C=O) groups excluding carboxylic acids is 1. The summed E-state index contributed by atoms with van der Waals surface area (Å²) in [4.78, 5) is 32.0. The Morgan fingerprint density at radius 3 is 2.62 bits per heavy atom. The van der Waals surface area contributed by atoms with Crippen molar-refractivity contribution in [3.8, 4) is 28.3 Å². The number of benzene rings is 2. The van der Waals surface area contributed by atoms with Gasteiger partial charge in [-0.15, -0.1) is 0 Å². The Balaban J connectivity index is 1.42. The van der Waals surface area contributed by atoms with E-state index in [1.807, 2.05) is 18.0 Å². The van der Waals surface area contributed by atoms with Gasteiger partial charge in [0.2, 0.25) is 5.91 Å². The molecule has 0 unspecified atom stereocenters. The number of nitrogen functional groups attached to an aromatic ring is 1. The minimum absolute atomic E-state index is 0.0539. The number of nitrogens with two attached hydrogens (primary N) is 2. The van der Waals surface area contributed by atoms with Gasteiger partial charge in [0.05, 0.1) is 29.3 Å². The van der Waals surface area contributed by atoms with Crippen LogP contribution in [0.1, 0.15) is 12.8 Å². The molecular formula is C31H32F2N8O3S. The zero-order chi connectivity index (χ0) is 31.2. The number of hydrogen-bond donors (Lipinski definition) is 2. The molecule has 1 atom stereocenters. The third-order valence-corrected chi connectivity index (χ3v) is 9.58. The molecule has 11 nitrogen and oxygen atoms in total. The Labute approximate surface area is 261 Å². The number of thiazole rings is 1. The predicted molar refractivity (Wildman–Crippen MR) is 169 cm³/mol. The van der Waals surface area contributed by atoms with E-state index in [2.05, 4.69) is 14.9 Å². The van der Waals surface area contributed by atoms with Crippen molar-refractivity contribution in [1.82, 2.24) is 24.8 Å². The molecule has 0 spiro atoms. The molecule has 2 aliphatic heterocycles. The van der Waals surface area contributed by atoms with E-state index in [4.69, 9.17) is 25.6 Å². The van der Waals surface area contributed by atoms with Crippen molar-refractivity contribution in [2.24, 2.45) is 5.73 Å². The molecule has 0 saturated carbocycles. The second-order valence-electron chi connectivity index (χ2n) is 11.3. The number of amides is 1. The number of likely N-dealkylation sites (N-methyl/N-ethyl adjacent to an activating group) is 1. The number of nitrogens with zero attached hydrogens (tertiary/aromatic N) is 6. The summed E-state index contributed by atoms with van der Waals surface area (Å²) in [5.74, 6) is -0.754. The monoisotopic (exact) mass is 634 g/mol. The molecule has 14 heteroatoms. The Hall–Kier alpha value is -4.40. The lowest BCUT2D eigenvalue weighted by Gasteiger charge is -2.35. The number of halogens is 2. The lowest BCUT2D eigenvalue weighted by Crippen LogP contribution is -2.50. The predicted octanol–water partition coefficient (Wildman–Crippen LogP) is 4.11. The Bertz CT molecular complexity index is 1890. The summed E-state index contributed by atoms with van der Waals surface area (Å²) in [6, 6.07) is 6.61. The first-order valence-electron chi connectivity index (χ1n) is 14.8. The molecule has 234 valence electrons. The van der Waals surface area contributed by atoms with E-state index in [0.29, 0.717) is 60.7 Å². The minimum Gasteiger partial charge on any atom is -0.472 e. The maximum atomic E-state index is 17.2. The van der Waals surface area contributed by atoms with Gasteiger partial charge in [-0.3, -0.25) is 4.79 Å². The Kier molecular flexibility index (Phi) is 7.71.